The Morgan fingerprint density at radius 1 is 1.24 bits per heavy atom. The fourth-order valence-corrected chi connectivity index (χ4v) is 2.68. The molecule has 1 aromatic rings. The summed E-state index contributed by atoms with van der Waals surface area (Å²) in [6, 6.07) is 8.61. The summed E-state index contributed by atoms with van der Waals surface area (Å²) in [5.74, 6) is 0.321. The standard InChI is InChI=1S/C18H22F2O/c1-2-3-4-5-14-6-8-15(9-7-14)16-10-11-17(21-13-16)12-18(19)20/h2-3,6-9,12,16-17H,4-5,10-11,13H2,1H3. The molecule has 114 valence electrons. The average Bonchev–Trinajstić information content (AvgIpc) is 2.49. The summed E-state index contributed by atoms with van der Waals surface area (Å²) in [5, 5.41) is 0. The van der Waals surface area contributed by atoms with Gasteiger partial charge in [-0.3, -0.25) is 0 Å². The normalized spacial score (nSPS) is 22.4. The molecular formula is C18H22F2O. The van der Waals surface area contributed by atoms with Crippen LogP contribution in [0.4, 0.5) is 8.78 Å². The number of ether oxygens (including phenoxy) is 1. The summed E-state index contributed by atoms with van der Waals surface area (Å²) >= 11 is 0. The molecule has 3 heteroatoms. The number of hydrogen-bond acceptors (Lipinski definition) is 1. The van der Waals surface area contributed by atoms with Gasteiger partial charge in [0.15, 0.2) is 0 Å². The third kappa shape index (κ3) is 5.09. The van der Waals surface area contributed by atoms with Gasteiger partial charge < -0.3 is 4.74 Å². The van der Waals surface area contributed by atoms with Crippen LogP contribution < -0.4 is 0 Å². The van der Waals surface area contributed by atoms with Gasteiger partial charge in [0.2, 0.25) is 0 Å². The van der Waals surface area contributed by atoms with E-state index in [-0.39, 0.29) is 0 Å². The molecule has 1 fully saturated rings. The Hall–Kier alpha value is -1.48. The fourth-order valence-electron chi connectivity index (χ4n) is 2.68. The molecule has 0 saturated carbocycles. The molecule has 0 radical (unpaired) electrons. The lowest BCUT2D eigenvalue weighted by Crippen LogP contribution is -2.23. The van der Waals surface area contributed by atoms with Crippen molar-refractivity contribution in [2.24, 2.45) is 0 Å². The van der Waals surface area contributed by atoms with Gasteiger partial charge in [0.1, 0.15) is 0 Å². The highest BCUT2D eigenvalue weighted by Gasteiger charge is 2.22. The van der Waals surface area contributed by atoms with E-state index in [2.05, 4.69) is 36.4 Å². The third-order valence-electron chi connectivity index (χ3n) is 3.91. The van der Waals surface area contributed by atoms with Crippen molar-refractivity contribution in [1.29, 1.82) is 0 Å². The van der Waals surface area contributed by atoms with Crippen molar-refractivity contribution in [2.75, 3.05) is 6.61 Å². The van der Waals surface area contributed by atoms with Crippen LogP contribution in [-0.2, 0) is 11.2 Å². The van der Waals surface area contributed by atoms with Crippen LogP contribution in [0.25, 0.3) is 0 Å². The maximum absolute atomic E-state index is 12.2. The summed E-state index contributed by atoms with van der Waals surface area (Å²) in [4.78, 5) is 0. The Balaban J connectivity index is 1.87. The molecule has 1 aliphatic heterocycles. The number of aryl methyl sites for hydroxylation is 1. The molecular weight excluding hydrogens is 270 g/mol. The highest BCUT2D eigenvalue weighted by atomic mass is 19.3. The monoisotopic (exact) mass is 292 g/mol. The molecule has 1 nitrogen and oxygen atoms in total. The minimum atomic E-state index is -1.65. The maximum atomic E-state index is 12.2. The van der Waals surface area contributed by atoms with Crippen molar-refractivity contribution >= 4 is 0 Å². The van der Waals surface area contributed by atoms with Crippen molar-refractivity contribution in [3.8, 4) is 0 Å². The Morgan fingerprint density at radius 3 is 2.57 bits per heavy atom. The van der Waals surface area contributed by atoms with Crippen molar-refractivity contribution in [3.05, 3.63) is 59.7 Å². The van der Waals surface area contributed by atoms with E-state index < -0.39 is 12.2 Å². The van der Waals surface area contributed by atoms with E-state index in [1.54, 1.807) is 0 Å². The first-order valence-electron chi connectivity index (χ1n) is 7.53. The Morgan fingerprint density at radius 2 is 2.00 bits per heavy atom. The summed E-state index contributed by atoms with van der Waals surface area (Å²) in [6.07, 6.45) is 6.74. The first-order valence-corrected chi connectivity index (χ1v) is 7.53. The fraction of sp³-hybridized carbons (Fsp3) is 0.444. The molecule has 0 spiro atoms. The second kappa shape index (κ2) is 8.08. The van der Waals surface area contributed by atoms with E-state index in [1.165, 1.54) is 11.1 Å². The van der Waals surface area contributed by atoms with Gasteiger partial charge in [0.05, 0.1) is 12.7 Å². The van der Waals surface area contributed by atoms with Crippen LogP contribution in [-0.4, -0.2) is 12.7 Å². The summed E-state index contributed by atoms with van der Waals surface area (Å²) in [7, 11) is 0. The number of hydrogen-bond donors (Lipinski definition) is 0. The minimum absolute atomic E-state index is 0.321. The second-order valence-corrected chi connectivity index (χ2v) is 5.45. The van der Waals surface area contributed by atoms with Gasteiger partial charge in [-0.2, -0.15) is 8.78 Å². The lowest BCUT2D eigenvalue weighted by atomic mass is 9.90. The highest BCUT2D eigenvalue weighted by molar-refractivity contribution is 5.26. The zero-order chi connectivity index (χ0) is 15.1. The first kappa shape index (κ1) is 15.9. The average molecular weight is 292 g/mol. The quantitative estimate of drug-likeness (QED) is 0.674. The van der Waals surface area contributed by atoms with Gasteiger partial charge in [0.25, 0.3) is 6.08 Å². The number of allylic oxidation sites excluding steroid dienone is 2. The van der Waals surface area contributed by atoms with Gasteiger partial charge in [-0.25, -0.2) is 0 Å². The van der Waals surface area contributed by atoms with Crippen molar-refractivity contribution in [3.63, 3.8) is 0 Å². The van der Waals surface area contributed by atoms with Crippen molar-refractivity contribution in [1.82, 2.24) is 0 Å². The Bertz CT molecular complexity index is 478. The van der Waals surface area contributed by atoms with Crippen molar-refractivity contribution < 1.29 is 13.5 Å². The van der Waals surface area contributed by atoms with E-state index in [0.29, 0.717) is 18.9 Å². The van der Waals surface area contributed by atoms with Gasteiger partial charge in [0, 0.05) is 12.0 Å². The first-order chi connectivity index (χ1) is 10.2. The Kier molecular flexibility index (Phi) is 6.12. The number of benzene rings is 1. The molecule has 0 N–H and O–H groups in total. The van der Waals surface area contributed by atoms with E-state index in [4.69, 9.17) is 4.74 Å². The highest BCUT2D eigenvalue weighted by Crippen LogP contribution is 2.29. The van der Waals surface area contributed by atoms with E-state index in [9.17, 15) is 8.78 Å². The van der Waals surface area contributed by atoms with Crippen LogP contribution in [0.1, 0.15) is 43.2 Å². The van der Waals surface area contributed by atoms with E-state index >= 15 is 0 Å². The van der Waals surface area contributed by atoms with Gasteiger partial charge in [-0.1, -0.05) is 36.4 Å². The zero-order valence-electron chi connectivity index (χ0n) is 12.4. The molecule has 0 aliphatic carbocycles. The molecule has 2 unspecified atom stereocenters. The van der Waals surface area contributed by atoms with Crippen LogP contribution >= 0.6 is 0 Å². The third-order valence-corrected chi connectivity index (χ3v) is 3.91. The van der Waals surface area contributed by atoms with Crippen LogP contribution in [0, 0.1) is 0 Å². The smallest absolute Gasteiger partial charge is 0.268 e. The molecule has 0 amide bonds. The molecule has 1 aromatic carbocycles. The lowest BCUT2D eigenvalue weighted by Gasteiger charge is -2.27. The maximum Gasteiger partial charge on any atom is 0.268 e. The van der Waals surface area contributed by atoms with Crippen LogP contribution in [0.5, 0.6) is 0 Å². The van der Waals surface area contributed by atoms with Gasteiger partial charge in [-0.05, 0) is 43.7 Å². The molecule has 21 heavy (non-hydrogen) atoms. The lowest BCUT2D eigenvalue weighted by molar-refractivity contribution is 0.0304. The van der Waals surface area contributed by atoms with Crippen LogP contribution in [0.3, 0.4) is 0 Å². The minimum Gasteiger partial charge on any atom is -0.373 e. The zero-order valence-corrected chi connectivity index (χ0v) is 12.4. The molecule has 1 aliphatic rings. The molecule has 1 heterocycles. The number of halogens is 2. The molecule has 0 bridgehead atoms. The second-order valence-electron chi connectivity index (χ2n) is 5.45. The van der Waals surface area contributed by atoms with Crippen LogP contribution in [0.15, 0.2) is 48.6 Å². The largest absolute Gasteiger partial charge is 0.373 e. The van der Waals surface area contributed by atoms with Gasteiger partial charge >= 0.3 is 0 Å². The summed E-state index contributed by atoms with van der Waals surface area (Å²) in [6.45, 7) is 2.55. The topological polar surface area (TPSA) is 9.23 Å². The predicted octanol–water partition coefficient (Wildman–Crippen LogP) is 5.24. The SMILES string of the molecule is CC=CCCc1ccc(C2CCC(C=C(F)F)OC2)cc1. The summed E-state index contributed by atoms with van der Waals surface area (Å²) in [5.41, 5.74) is 2.57. The van der Waals surface area contributed by atoms with Crippen molar-refractivity contribution in [2.45, 2.75) is 44.6 Å². The van der Waals surface area contributed by atoms with Crippen LogP contribution in [0.2, 0.25) is 0 Å². The van der Waals surface area contributed by atoms with E-state index in [0.717, 1.165) is 25.3 Å². The van der Waals surface area contributed by atoms with Gasteiger partial charge in [-0.15, -0.1) is 0 Å². The molecule has 1 saturated heterocycles. The number of rotatable bonds is 5. The molecule has 2 atom stereocenters. The summed E-state index contributed by atoms with van der Waals surface area (Å²) < 4.78 is 29.9. The molecule has 2 rings (SSSR count). The Labute approximate surface area is 125 Å². The predicted molar refractivity (Wildman–Crippen MR) is 81.6 cm³/mol. The molecule has 0 aromatic heterocycles. The van der Waals surface area contributed by atoms with E-state index in [1.807, 2.05) is 6.92 Å².